The van der Waals surface area contributed by atoms with Crippen molar-refractivity contribution in [2.75, 3.05) is 19.8 Å². The van der Waals surface area contributed by atoms with Crippen LogP contribution in [0.25, 0.3) is 0 Å². The summed E-state index contributed by atoms with van der Waals surface area (Å²) in [6.45, 7) is 8.44. The van der Waals surface area contributed by atoms with E-state index in [2.05, 4.69) is 20.8 Å². The molecule has 0 atom stereocenters. The van der Waals surface area contributed by atoms with E-state index in [4.69, 9.17) is 28.7 Å². The fourth-order valence-corrected chi connectivity index (χ4v) is 7.37. The standard InChI is InChI=1S/C45H93O6P/c1-4-7-10-13-16-19-22-25-28-31-34-37-40-43-46-49-52(50-47-44-41-38-35-32-29-26-23-20-17-14-11-8-5-2)51-48-45-42-39-36-33-30-27-24-21-18-15-12-9-6-3/h4-45H2,1-3H3. The molecule has 0 aliphatic rings. The molecule has 0 spiro atoms. The van der Waals surface area contributed by atoms with Crippen LogP contribution in [0.15, 0.2) is 0 Å². The molecule has 0 aromatic rings. The molecule has 0 saturated heterocycles. The Morgan fingerprint density at radius 2 is 0.365 bits per heavy atom. The van der Waals surface area contributed by atoms with E-state index in [9.17, 15) is 0 Å². The van der Waals surface area contributed by atoms with Gasteiger partial charge in [0.15, 0.2) is 0 Å². The second kappa shape index (κ2) is 49.2. The molecule has 0 aliphatic carbocycles. The Kier molecular flexibility index (Phi) is 49.4. The van der Waals surface area contributed by atoms with Crippen molar-refractivity contribution in [3.63, 3.8) is 0 Å². The molecule has 0 fully saturated rings. The molecule has 0 aliphatic heterocycles. The molecular formula is C45H93O6P. The summed E-state index contributed by atoms with van der Waals surface area (Å²) in [4.78, 5) is 16.4. The smallest absolute Gasteiger partial charge is 0.229 e. The molecule has 0 aromatic heterocycles. The van der Waals surface area contributed by atoms with E-state index in [1.54, 1.807) is 0 Å². The predicted molar refractivity (Wildman–Crippen MR) is 225 cm³/mol. The fourth-order valence-electron chi connectivity index (χ4n) is 6.81. The summed E-state index contributed by atoms with van der Waals surface area (Å²) in [5.41, 5.74) is 0. The van der Waals surface area contributed by atoms with Crippen LogP contribution in [0.1, 0.15) is 271 Å². The third-order valence-corrected chi connectivity index (χ3v) is 11.0. The van der Waals surface area contributed by atoms with Crippen LogP contribution in [-0.2, 0) is 28.7 Å². The second-order valence-corrected chi connectivity index (χ2v) is 16.5. The molecule has 0 saturated carbocycles. The first-order chi connectivity index (χ1) is 25.8. The summed E-state index contributed by atoms with van der Waals surface area (Å²) in [7, 11) is -1.85. The molecule has 0 rings (SSSR count). The maximum Gasteiger partial charge on any atom is 0.421 e. The maximum atomic E-state index is 5.46. The largest absolute Gasteiger partial charge is 0.421 e. The summed E-state index contributed by atoms with van der Waals surface area (Å²) >= 11 is 0. The molecular weight excluding hydrogens is 667 g/mol. The van der Waals surface area contributed by atoms with Crippen molar-refractivity contribution in [1.82, 2.24) is 0 Å². The highest BCUT2D eigenvalue weighted by Crippen LogP contribution is 2.40. The van der Waals surface area contributed by atoms with Crippen LogP contribution in [0, 0.1) is 0 Å². The van der Waals surface area contributed by atoms with Gasteiger partial charge in [-0.3, -0.25) is 0 Å². The number of hydrogen-bond acceptors (Lipinski definition) is 6. The molecule has 0 unspecified atom stereocenters. The molecule has 0 radical (unpaired) electrons. The van der Waals surface area contributed by atoms with Gasteiger partial charge in [0.25, 0.3) is 0 Å². The maximum absolute atomic E-state index is 5.46. The van der Waals surface area contributed by atoms with Crippen molar-refractivity contribution < 1.29 is 28.7 Å². The zero-order valence-corrected chi connectivity index (χ0v) is 36.5. The van der Waals surface area contributed by atoms with Crippen LogP contribution in [0.2, 0.25) is 0 Å². The first kappa shape index (κ1) is 52.2. The predicted octanol–water partition coefficient (Wildman–Crippen LogP) is 17.3. The Hall–Kier alpha value is 0.190. The van der Waals surface area contributed by atoms with E-state index >= 15 is 0 Å². The lowest BCUT2D eigenvalue weighted by atomic mass is 10.0. The van der Waals surface area contributed by atoms with Crippen LogP contribution in [0.3, 0.4) is 0 Å². The Balaban J connectivity index is 3.94. The van der Waals surface area contributed by atoms with Crippen molar-refractivity contribution >= 4 is 8.60 Å². The van der Waals surface area contributed by atoms with E-state index in [0.717, 1.165) is 38.5 Å². The van der Waals surface area contributed by atoms with E-state index in [1.807, 2.05) is 0 Å². The average molecular weight is 761 g/mol. The second-order valence-electron chi connectivity index (χ2n) is 15.6. The first-order valence-electron chi connectivity index (χ1n) is 23.5. The summed E-state index contributed by atoms with van der Waals surface area (Å²) < 4.78 is 16.4. The normalized spacial score (nSPS) is 11.8. The van der Waals surface area contributed by atoms with Gasteiger partial charge in [-0.2, -0.15) is 0 Å². The highest BCUT2D eigenvalue weighted by Gasteiger charge is 2.17. The van der Waals surface area contributed by atoms with Gasteiger partial charge in [-0.1, -0.05) is 252 Å². The third-order valence-electron chi connectivity index (χ3n) is 10.3. The molecule has 52 heavy (non-hydrogen) atoms. The van der Waals surface area contributed by atoms with Crippen molar-refractivity contribution in [1.29, 1.82) is 0 Å². The molecule has 0 aromatic carbocycles. The average Bonchev–Trinajstić information content (AvgIpc) is 3.15. The van der Waals surface area contributed by atoms with Gasteiger partial charge in [-0.05, 0) is 19.3 Å². The highest BCUT2D eigenvalue weighted by atomic mass is 31.2. The van der Waals surface area contributed by atoms with Gasteiger partial charge >= 0.3 is 8.60 Å². The van der Waals surface area contributed by atoms with E-state index < -0.39 is 8.60 Å². The van der Waals surface area contributed by atoms with E-state index in [-0.39, 0.29) is 0 Å². The quantitative estimate of drug-likeness (QED) is 0.0266. The summed E-state index contributed by atoms with van der Waals surface area (Å²) in [6.07, 6.45) is 51.7. The molecule has 0 heterocycles. The van der Waals surface area contributed by atoms with Crippen molar-refractivity contribution in [2.24, 2.45) is 0 Å². The van der Waals surface area contributed by atoms with Crippen LogP contribution < -0.4 is 0 Å². The van der Waals surface area contributed by atoms with Crippen LogP contribution in [-0.4, -0.2) is 19.8 Å². The number of rotatable bonds is 48. The van der Waals surface area contributed by atoms with Crippen LogP contribution in [0.5, 0.6) is 0 Å². The highest BCUT2D eigenvalue weighted by molar-refractivity contribution is 7.41. The third kappa shape index (κ3) is 46.3. The van der Waals surface area contributed by atoms with Gasteiger partial charge < -0.3 is 0 Å². The van der Waals surface area contributed by atoms with E-state index in [0.29, 0.717) is 19.8 Å². The van der Waals surface area contributed by atoms with Gasteiger partial charge in [0, 0.05) is 0 Å². The minimum atomic E-state index is -1.85. The van der Waals surface area contributed by atoms with Gasteiger partial charge in [-0.15, -0.1) is 14.0 Å². The lowest BCUT2D eigenvalue weighted by Gasteiger charge is -2.13. The molecule has 0 amide bonds. The van der Waals surface area contributed by atoms with Gasteiger partial charge in [0.2, 0.25) is 0 Å². The molecule has 0 bridgehead atoms. The molecule has 7 heteroatoms. The minimum Gasteiger partial charge on any atom is -0.229 e. The molecule has 6 nitrogen and oxygen atoms in total. The topological polar surface area (TPSA) is 55.4 Å². The Morgan fingerprint density at radius 3 is 0.538 bits per heavy atom. The van der Waals surface area contributed by atoms with Crippen LogP contribution >= 0.6 is 8.60 Å². The van der Waals surface area contributed by atoms with Crippen molar-refractivity contribution in [3.05, 3.63) is 0 Å². The summed E-state index contributed by atoms with van der Waals surface area (Å²) in [5, 5.41) is 0. The van der Waals surface area contributed by atoms with Crippen molar-refractivity contribution in [2.45, 2.75) is 271 Å². The Labute approximate surface area is 327 Å². The zero-order chi connectivity index (χ0) is 37.5. The van der Waals surface area contributed by atoms with E-state index in [1.165, 1.54) is 212 Å². The van der Waals surface area contributed by atoms with Crippen LogP contribution in [0.4, 0.5) is 0 Å². The molecule has 314 valence electrons. The molecule has 0 N–H and O–H groups in total. The summed E-state index contributed by atoms with van der Waals surface area (Å²) in [6, 6.07) is 0. The SMILES string of the molecule is CCCCCCCCCCCCCCCOOP(OOCCCCCCCCCCCCCCC)OOCCCCCCCCCCCCCCC. The Morgan fingerprint density at radius 1 is 0.212 bits per heavy atom. The fraction of sp³-hybridized carbons (Fsp3) is 1.00. The van der Waals surface area contributed by atoms with Gasteiger partial charge in [0.1, 0.15) is 0 Å². The minimum absolute atomic E-state index is 0.529. The monoisotopic (exact) mass is 761 g/mol. The lowest BCUT2D eigenvalue weighted by Crippen LogP contribution is -2.02. The Bertz CT molecular complexity index is 532. The zero-order valence-electron chi connectivity index (χ0n) is 35.6. The van der Waals surface area contributed by atoms with Gasteiger partial charge in [-0.25, -0.2) is 14.7 Å². The lowest BCUT2D eigenvalue weighted by molar-refractivity contribution is -0.311. The van der Waals surface area contributed by atoms with Gasteiger partial charge in [0.05, 0.1) is 19.8 Å². The number of hydrogen-bond donors (Lipinski definition) is 0. The van der Waals surface area contributed by atoms with Crippen molar-refractivity contribution in [3.8, 4) is 0 Å². The summed E-state index contributed by atoms with van der Waals surface area (Å²) in [5.74, 6) is 0. The number of unbranched alkanes of at least 4 members (excludes halogenated alkanes) is 36. The first-order valence-corrected chi connectivity index (χ1v) is 24.6.